The zero-order chi connectivity index (χ0) is 14.2. The largest absolute Gasteiger partial charge is 0.342 e. The number of benzene rings is 1. The van der Waals surface area contributed by atoms with Crippen LogP contribution >= 0.6 is 0 Å². The van der Waals surface area contributed by atoms with Gasteiger partial charge in [0.2, 0.25) is 5.91 Å². The van der Waals surface area contributed by atoms with Gasteiger partial charge >= 0.3 is 0 Å². The Balaban J connectivity index is 1.67. The van der Waals surface area contributed by atoms with Gasteiger partial charge < -0.3 is 4.90 Å². The Morgan fingerprint density at radius 3 is 2.15 bits per heavy atom. The molecule has 1 aromatic rings. The number of sulfone groups is 1. The van der Waals surface area contributed by atoms with Crippen molar-refractivity contribution in [3.05, 3.63) is 30.3 Å². The number of likely N-dealkylation sites (tertiary alicyclic amines) is 1. The lowest BCUT2D eigenvalue weighted by Crippen LogP contribution is -2.43. The normalized spacial score (nSPS) is 20.9. The summed E-state index contributed by atoms with van der Waals surface area (Å²) in [5.41, 5.74) is 0. The summed E-state index contributed by atoms with van der Waals surface area (Å²) in [4.78, 5) is 14.2. The fourth-order valence-electron chi connectivity index (χ4n) is 2.78. The number of hydrogen-bond donors (Lipinski definition) is 0. The van der Waals surface area contributed by atoms with Gasteiger partial charge in [0.25, 0.3) is 0 Å². The number of hydrogen-bond acceptors (Lipinski definition) is 3. The summed E-state index contributed by atoms with van der Waals surface area (Å²) < 4.78 is 25.0. The molecule has 5 heteroatoms. The van der Waals surface area contributed by atoms with Crippen LogP contribution in [0, 0.1) is 5.92 Å². The Morgan fingerprint density at radius 1 is 1.00 bits per heavy atom. The van der Waals surface area contributed by atoms with Gasteiger partial charge in [-0.2, -0.15) is 0 Å². The molecule has 1 aliphatic heterocycles. The predicted molar refractivity (Wildman–Crippen MR) is 76.0 cm³/mol. The first-order valence-corrected chi connectivity index (χ1v) is 8.71. The molecule has 108 valence electrons. The van der Waals surface area contributed by atoms with E-state index in [-0.39, 0.29) is 17.1 Å². The molecule has 2 fully saturated rings. The highest BCUT2D eigenvalue weighted by Gasteiger charge is 2.37. The van der Waals surface area contributed by atoms with E-state index in [0.29, 0.717) is 30.8 Å². The molecule has 0 aromatic heterocycles. The van der Waals surface area contributed by atoms with Crippen molar-refractivity contribution in [2.45, 2.75) is 35.8 Å². The highest BCUT2D eigenvalue weighted by Crippen LogP contribution is 2.33. The average Bonchev–Trinajstić information content (AvgIpc) is 3.32. The van der Waals surface area contributed by atoms with Crippen LogP contribution in [0.25, 0.3) is 0 Å². The molecule has 2 aliphatic rings. The molecule has 1 saturated heterocycles. The molecule has 0 bridgehead atoms. The second kappa shape index (κ2) is 5.20. The van der Waals surface area contributed by atoms with Crippen LogP contribution in [0.4, 0.5) is 0 Å². The number of rotatable bonds is 3. The van der Waals surface area contributed by atoms with Gasteiger partial charge in [0.15, 0.2) is 9.84 Å². The molecule has 0 radical (unpaired) electrons. The van der Waals surface area contributed by atoms with Crippen molar-refractivity contribution < 1.29 is 13.2 Å². The van der Waals surface area contributed by atoms with Gasteiger partial charge in [0.05, 0.1) is 10.1 Å². The van der Waals surface area contributed by atoms with Crippen LogP contribution in [0.2, 0.25) is 0 Å². The van der Waals surface area contributed by atoms with Gasteiger partial charge in [-0.15, -0.1) is 0 Å². The lowest BCUT2D eigenvalue weighted by molar-refractivity contribution is -0.133. The maximum atomic E-state index is 12.5. The summed E-state index contributed by atoms with van der Waals surface area (Å²) in [7, 11) is -3.25. The van der Waals surface area contributed by atoms with E-state index in [9.17, 15) is 13.2 Å². The van der Waals surface area contributed by atoms with Gasteiger partial charge in [-0.25, -0.2) is 8.42 Å². The topological polar surface area (TPSA) is 54.5 Å². The number of amides is 1. The van der Waals surface area contributed by atoms with Crippen molar-refractivity contribution in [2.75, 3.05) is 13.1 Å². The molecule has 0 spiro atoms. The van der Waals surface area contributed by atoms with Gasteiger partial charge in [-0.1, -0.05) is 18.2 Å². The van der Waals surface area contributed by atoms with Crippen molar-refractivity contribution in [1.29, 1.82) is 0 Å². The Hall–Kier alpha value is -1.36. The van der Waals surface area contributed by atoms with Crippen LogP contribution in [-0.2, 0) is 14.6 Å². The maximum Gasteiger partial charge on any atom is 0.225 e. The third-order valence-corrected chi connectivity index (χ3v) is 6.47. The lowest BCUT2D eigenvalue weighted by atomic mass is 10.1. The summed E-state index contributed by atoms with van der Waals surface area (Å²) in [6.45, 7) is 1.15. The molecule has 1 heterocycles. The van der Waals surface area contributed by atoms with Crippen LogP contribution in [-0.4, -0.2) is 37.6 Å². The van der Waals surface area contributed by atoms with Crippen molar-refractivity contribution in [3.63, 3.8) is 0 Å². The summed E-state index contributed by atoms with van der Waals surface area (Å²) >= 11 is 0. The predicted octanol–water partition coefficient (Wildman–Crippen LogP) is 1.86. The van der Waals surface area contributed by atoms with Crippen LogP contribution in [0.3, 0.4) is 0 Å². The molecule has 1 saturated carbocycles. The van der Waals surface area contributed by atoms with Crippen LogP contribution in [0.15, 0.2) is 35.2 Å². The van der Waals surface area contributed by atoms with Gasteiger partial charge in [0, 0.05) is 19.0 Å². The SMILES string of the molecule is O=C(C1CC1)N1CCC(S(=O)(=O)c2ccccc2)CC1. The van der Waals surface area contributed by atoms with Crippen LogP contribution in [0.1, 0.15) is 25.7 Å². The Morgan fingerprint density at radius 2 is 1.60 bits per heavy atom. The number of carbonyl (C=O) groups excluding carboxylic acids is 1. The van der Waals surface area contributed by atoms with Crippen LogP contribution < -0.4 is 0 Å². The van der Waals surface area contributed by atoms with Crippen LogP contribution in [0.5, 0.6) is 0 Å². The highest BCUT2D eigenvalue weighted by molar-refractivity contribution is 7.92. The monoisotopic (exact) mass is 293 g/mol. The van der Waals surface area contributed by atoms with Crippen molar-refractivity contribution >= 4 is 15.7 Å². The van der Waals surface area contributed by atoms with Crippen molar-refractivity contribution in [2.24, 2.45) is 5.92 Å². The molecule has 1 aliphatic carbocycles. The minimum Gasteiger partial charge on any atom is -0.342 e. The second-order valence-corrected chi connectivity index (χ2v) is 7.89. The molecule has 1 amide bonds. The summed E-state index contributed by atoms with van der Waals surface area (Å²) in [6, 6.07) is 8.61. The van der Waals surface area contributed by atoms with Crippen molar-refractivity contribution in [1.82, 2.24) is 4.90 Å². The first-order chi connectivity index (χ1) is 9.59. The van der Waals surface area contributed by atoms with Gasteiger partial charge in [-0.05, 0) is 37.8 Å². The van der Waals surface area contributed by atoms with E-state index in [1.54, 1.807) is 24.3 Å². The molecule has 0 atom stereocenters. The highest BCUT2D eigenvalue weighted by atomic mass is 32.2. The van der Waals surface area contributed by atoms with E-state index in [2.05, 4.69) is 0 Å². The maximum absolute atomic E-state index is 12.5. The smallest absolute Gasteiger partial charge is 0.225 e. The molecule has 4 nitrogen and oxygen atoms in total. The summed E-state index contributed by atoms with van der Waals surface area (Å²) in [6.07, 6.45) is 3.10. The quantitative estimate of drug-likeness (QED) is 0.855. The van der Waals surface area contributed by atoms with E-state index in [1.807, 2.05) is 11.0 Å². The Kier molecular flexibility index (Phi) is 3.54. The van der Waals surface area contributed by atoms with E-state index in [1.165, 1.54) is 0 Å². The summed E-state index contributed by atoms with van der Waals surface area (Å²) in [5, 5.41) is -0.354. The Bertz CT molecular complexity index is 585. The number of piperidine rings is 1. The number of nitrogens with zero attached hydrogens (tertiary/aromatic N) is 1. The zero-order valence-corrected chi connectivity index (χ0v) is 12.2. The summed E-state index contributed by atoms with van der Waals surface area (Å²) in [5.74, 6) is 0.442. The molecule has 0 unspecified atom stereocenters. The fraction of sp³-hybridized carbons (Fsp3) is 0.533. The minimum absolute atomic E-state index is 0.220. The lowest BCUT2D eigenvalue weighted by Gasteiger charge is -2.31. The fourth-order valence-corrected chi connectivity index (χ4v) is 4.53. The third kappa shape index (κ3) is 2.59. The minimum atomic E-state index is -3.25. The Labute approximate surface area is 119 Å². The standard InChI is InChI=1S/C15H19NO3S/c17-15(12-6-7-12)16-10-8-14(9-11-16)20(18,19)13-4-2-1-3-5-13/h1-5,12,14H,6-11H2. The zero-order valence-electron chi connectivity index (χ0n) is 11.4. The molecule has 3 rings (SSSR count). The van der Waals surface area contributed by atoms with Gasteiger partial charge in [-0.3, -0.25) is 4.79 Å². The average molecular weight is 293 g/mol. The second-order valence-electron chi connectivity index (χ2n) is 5.66. The number of carbonyl (C=O) groups is 1. The van der Waals surface area contributed by atoms with E-state index in [0.717, 1.165) is 12.8 Å². The molecule has 0 N–H and O–H groups in total. The first kappa shape index (κ1) is 13.6. The molecular weight excluding hydrogens is 274 g/mol. The van der Waals surface area contributed by atoms with E-state index in [4.69, 9.17) is 0 Å². The van der Waals surface area contributed by atoms with E-state index >= 15 is 0 Å². The van der Waals surface area contributed by atoms with Crippen molar-refractivity contribution in [3.8, 4) is 0 Å². The molecule has 20 heavy (non-hydrogen) atoms. The van der Waals surface area contributed by atoms with E-state index < -0.39 is 9.84 Å². The molecule has 1 aromatic carbocycles. The molecular formula is C15H19NO3S. The van der Waals surface area contributed by atoms with Gasteiger partial charge in [0.1, 0.15) is 0 Å². The first-order valence-electron chi connectivity index (χ1n) is 7.17. The third-order valence-electron chi connectivity index (χ3n) is 4.19.